The van der Waals surface area contributed by atoms with Gasteiger partial charge in [-0.2, -0.15) is 0 Å². The van der Waals surface area contributed by atoms with Crippen LogP contribution in [0.1, 0.15) is 31.2 Å². The van der Waals surface area contributed by atoms with Crippen LogP contribution in [-0.2, 0) is 15.0 Å². The van der Waals surface area contributed by atoms with Crippen molar-refractivity contribution in [3.63, 3.8) is 0 Å². The number of terminal acetylenes is 1. The molecule has 3 aromatic rings. The van der Waals surface area contributed by atoms with Crippen LogP contribution in [0.5, 0.6) is 5.88 Å². The molecular weight excluding hydrogens is 416 g/mol. The van der Waals surface area contributed by atoms with Crippen molar-refractivity contribution in [3.8, 4) is 18.2 Å². The van der Waals surface area contributed by atoms with Crippen molar-refractivity contribution in [2.75, 3.05) is 18.0 Å². The summed E-state index contributed by atoms with van der Waals surface area (Å²) in [6, 6.07) is 13.3. The highest BCUT2D eigenvalue weighted by Gasteiger charge is 2.59. The summed E-state index contributed by atoms with van der Waals surface area (Å²) in [5.41, 5.74) is 2.96. The molecule has 2 amide bonds. The van der Waals surface area contributed by atoms with E-state index >= 15 is 0 Å². The van der Waals surface area contributed by atoms with E-state index in [9.17, 15) is 9.59 Å². The smallest absolute Gasteiger partial charge is 0.243 e. The molecule has 1 saturated carbocycles. The van der Waals surface area contributed by atoms with Crippen molar-refractivity contribution in [1.82, 2.24) is 14.9 Å². The van der Waals surface area contributed by atoms with Crippen LogP contribution in [0.2, 0.25) is 0 Å². The first kappa shape index (κ1) is 19.9. The SMILES string of the molecule is C#CC1CCCN1C(=O)CN1C(=O)C2(CC(Oc3ccc4[nH]ccc4n3)C2)c2ccccc21. The zero-order valence-electron chi connectivity index (χ0n) is 18.2. The molecule has 1 N–H and O–H groups in total. The minimum Gasteiger partial charge on any atom is -0.474 e. The number of benzene rings is 1. The second kappa shape index (κ2) is 7.38. The molecule has 0 bridgehead atoms. The molecule has 6 rings (SSSR count). The quantitative estimate of drug-likeness (QED) is 0.633. The second-order valence-corrected chi connectivity index (χ2v) is 9.11. The number of hydrogen-bond donors (Lipinski definition) is 1. The molecule has 1 aliphatic carbocycles. The van der Waals surface area contributed by atoms with Gasteiger partial charge in [0.1, 0.15) is 12.6 Å². The fraction of sp³-hybridized carbons (Fsp3) is 0.346. The fourth-order valence-electron chi connectivity index (χ4n) is 5.57. The monoisotopic (exact) mass is 440 g/mol. The normalized spacial score (nSPS) is 25.8. The summed E-state index contributed by atoms with van der Waals surface area (Å²) in [7, 11) is 0. The highest BCUT2D eigenvalue weighted by Crippen LogP contribution is 2.54. The Balaban J connectivity index is 1.21. The molecule has 33 heavy (non-hydrogen) atoms. The molecule has 1 unspecified atom stereocenters. The first-order valence-corrected chi connectivity index (χ1v) is 11.4. The Hall–Kier alpha value is -3.79. The number of aromatic nitrogens is 2. The summed E-state index contributed by atoms with van der Waals surface area (Å²) < 4.78 is 6.11. The molecule has 4 heterocycles. The number of likely N-dealkylation sites (tertiary alicyclic amines) is 1. The minimum atomic E-state index is -0.643. The molecule has 166 valence electrons. The molecule has 2 fully saturated rings. The summed E-state index contributed by atoms with van der Waals surface area (Å²) in [6.45, 7) is 0.671. The van der Waals surface area contributed by atoms with Crippen LogP contribution >= 0.6 is 0 Å². The van der Waals surface area contributed by atoms with Gasteiger partial charge in [0.15, 0.2) is 0 Å². The van der Waals surface area contributed by atoms with Crippen LogP contribution in [-0.4, -0.2) is 51.9 Å². The van der Waals surface area contributed by atoms with E-state index in [0.717, 1.165) is 35.1 Å². The van der Waals surface area contributed by atoms with E-state index in [2.05, 4.69) is 15.9 Å². The van der Waals surface area contributed by atoms with Crippen molar-refractivity contribution in [2.24, 2.45) is 0 Å². The predicted molar refractivity (Wildman–Crippen MR) is 124 cm³/mol. The molecule has 1 atom stereocenters. The molecule has 2 aliphatic heterocycles. The molecule has 7 heteroatoms. The topological polar surface area (TPSA) is 78.5 Å². The van der Waals surface area contributed by atoms with Crippen LogP contribution in [0, 0.1) is 12.3 Å². The number of rotatable bonds is 4. The molecule has 2 aromatic heterocycles. The van der Waals surface area contributed by atoms with Crippen molar-refractivity contribution >= 4 is 28.5 Å². The van der Waals surface area contributed by atoms with E-state index in [0.29, 0.717) is 25.3 Å². The zero-order chi connectivity index (χ0) is 22.6. The van der Waals surface area contributed by atoms with E-state index in [-0.39, 0.29) is 30.5 Å². The third-order valence-electron chi connectivity index (χ3n) is 7.24. The van der Waals surface area contributed by atoms with Gasteiger partial charge in [-0.3, -0.25) is 9.59 Å². The van der Waals surface area contributed by atoms with E-state index in [1.54, 1.807) is 9.80 Å². The lowest BCUT2D eigenvalue weighted by Crippen LogP contribution is -2.55. The third-order valence-corrected chi connectivity index (χ3v) is 7.24. The van der Waals surface area contributed by atoms with Crippen LogP contribution < -0.4 is 9.64 Å². The number of hydrogen-bond acceptors (Lipinski definition) is 4. The molecule has 3 aliphatic rings. The van der Waals surface area contributed by atoms with E-state index < -0.39 is 5.41 Å². The molecule has 1 spiro atoms. The Morgan fingerprint density at radius 2 is 2.09 bits per heavy atom. The predicted octanol–water partition coefficient (Wildman–Crippen LogP) is 3.01. The maximum absolute atomic E-state index is 13.6. The van der Waals surface area contributed by atoms with E-state index in [4.69, 9.17) is 11.2 Å². The number of aromatic amines is 1. The Labute approximate surface area is 191 Å². The highest BCUT2D eigenvalue weighted by molar-refractivity contribution is 6.11. The molecule has 1 saturated heterocycles. The average Bonchev–Trinajstić information content (AvgIpc) is 3.52. The average molecular weight is 441 g/mol. The number of ether oxygens (including phenoxy) is 1. The highest BCUT2D eigenvalue weighted by atomic mass is 16.5. The van der Waals surface area contributed by atoms with Gasteiger partial charge in [-0.1, -0.05) is 24.1 Å². The van der Waals surface area contributed by atoms with Crippen LogP contribution in [0.4, 0.5) is 5.69 Å². The Morgan fingerprint density at radius 1 is 1.24 bits per heavy atom. The van der Waals surface area contributed by atoms with Gasteiger partial charge in [0.05, 0.1) is 22.5 Å². The number of anilines is 1. The maximum Gasteiger partial charge on any atom is 0.243 e. The lowest BCUT2D eigenvalue weighted by molar-refractivity contribution is -0.134. The number of nitrogens with one attached hydrogen (secondary N) is 1. The van der Waals surface area contributed by atoms with Crippen molar-refractivity contribution < 1.29 is 14.3 Å². The molecule has 0 radical (unpaired) electrons. The van der Waals surface area contributed by atoms with Gasteiger partial charge in [0.2, 0.25) is 17.7 Å². The van der Waals surface area contributed by atoms with E-state index in [1.807, 2.05) is 48.7 Å². The van der Waals surface area contributed by atoms with Gasteiger partial charge in [-0.25, -0.2) is 4.98 Å². The van der Waals surface area contributed by atoms with Gasteiger partial charge in [0.25, 0.3) is 0 Å². The minimum absolute atomic E-state index is 0.0208. The summed E-state index contributed by atoms with van der Waals surface area (Å²) >= 11 is 0. The largest absolute Gasteiger partial charge is 0.474 e. The fourth-order valence-corrected chi connectivity index (χ4v) is 5.57. The van der Waals surface area contributed by atoms with Crippen LogP contribution in [0.3, 0.4) is 0 Å². The number of fused-ring (bicyclic) bond motifs is 3. The zero-order valence-corrected chi connectivity index (χ0v) is 18.2. The number of carbonyl (C=O) groups excluding carboxylic acids is 2. The van der Waals surface area contributed by atoms with Gasteiger partial charge in [0, 0.05) is 37.3 Å². The summed E-state index contributed by atoms with van der Waals surface area (Å²) in [6.07, 6.45) is 10.2. The van der Waals surface area contributed by atoms with Gasteiger partial charge < -0.3 is 19.5 Å². The Bertz CT molecular complexity index is 1300. The standard InChI is InChI=1S/C26H24N4O3/c1-2-17-6-5-13-29(17)24(31)16-30-22-8-4-3-7-19(22)26(25(30)32)14-18(15-26)33-23-10-9-20-21(28-23)11-12-27-20/h1,3-4,7-12,17-18,27H,5-6,13-16H2. The summed E-state index contributed by atoms with van der Waals surface area (Å²) in [5, 5.41) is 0. The summed E-state index contributed by atoms with van der Waals surface area (Å²) in [5.74, 6) is 3.15. The van der Waals surface area contributed by atoms with Gasteiger partial charge >= 0.3 is 0 Å². The van der Waals surface area contributed by atoms with E-state index in [1.165, 1.54) is 0 Å². The van der Waals surface area contributed by atoms with Crippen molar-refractivity contribution in [3.05, 3.63) is 54.2 Å². The van der Waals surface area contributed by atoms with Crippen LogP contribution in [0.25, 0.3) is 11.0 Å². The molecule has 7 nitrogen and oxygen atoms in total. The number of carbonyl (C=O) groups is 2. The number of H-pyrrole nitrogens is 1. The second-order valence-electron chi connectivity index (χ2n) is 9.11. The number of nitrogens with zero attached hydrogens (tertiary/aromatic N) is 3. The van der Waals surface area contributed by atoms with Crippen molar-refractivity contribution in [1.29, 1.82) is 0 Å². The van der Waals surface area contributed by atoms with Gasteiger partial charge in [-0.05, 0) is 36.6 Å². The summed E-state index contributed by atoms with van der Waals surface area (Å²) in [4.78, 5) is 37.7. The Morgan fingerprint density at radius 3 is 2.94 bits per heavy atom. The first-order chi connectivity index (χ1) is 16.1. The van der Waals surface area contributed by atoms with Crippen molar-refractivity contribution in [2.45, 2.75) is 43.2 Å². The third kappa shape index (κ3) is 3.01. The van der Waals surface area contributed by atoms with Crippen LogP contribution in [0.15, 0.2) is 48.7 Å². The number of amides is 2. The Kier molecular flexibility index (Phi) is 4.44. The van der Waals surface area contributed by atoms with Gasteiger partial charge in [-0.15, -0.1) is 6.42 Å². The molecular formula is C26H24N4O3. The number of para-hydroxylation sites is 1. The lowest BCUT2D eigenvalue weighted by atomic mass is 9.63. The lowest BCUT2D eigenvalue weighted by Gasteiger charge is -2.43. The molecule has 1 aromatic carbocycles. The first-order valence-electron chi connectivity index (χ1n) is 11.4. The maximum atomic E-state index is 13.6. The number of pyridine rings is 1.